The number of carbonyl (C=O) groups excluding carboxylic acids is 1. The molecule has 0 saturated heterocycles. The number of sulfonamides is 1. The maximum atomic E-state index is 13.6. The number of ether oxygens (including phenoxy) is 1. The van der Waals surface area contributed by atoms with Gasteiger partial charge in [0.2, 0.25) is 5.91 Å². The first-order chi connectivity index (χ1) is 18.4. The van der Waals surface area contributed by atoms with Crippen molar-refractivity contribution in [1.82, 2.24) is 15.5 Å². The number of aromatic nitrogens is 2. The van der Waals surface area contributed by atoms with Crippen LogP contribution in [-0.4, -0.2) is 48.4 Å². The Hall–Kier alpha value is -4.27. The third-order valence-electron chi connectivity index (χ3n) is 5.94. The summed E-state index contributed by atoms with van der Waals surface area (Å²) >= 11 is 0. The molecule has 1 aliphatic heterocycles. The minimum Gasteiger partial charge on any atom is -0.486 e. The fourth-order valence-corrected chi connectivity index (χ4v) is 5.62. The molecule has 4 N–H and O–H groups in total. The van der Waals surface area contributed by atoms with Crippen molar-refractivity contribution in [3.8, 4) is 5.75 Å². The van der Waals surface area contributed by atoms with Crippen LogP contribution in [0.25, 0.3) is 0 Å². The van der Waals surface area contributed by atoms with Crippen molar-refractivity contribution in [2.45, 2.75) is 43.5 Å². The van der Waals surface area contributed by atoms with Gasteiger partial charge >= 0.3 is 12.3 Å². The van der Waals surface area contributed by atoms with Crippen LogP contribution in [0.4, 0.5) is 29.3 Å². The largest absolute Gasteiger partial charge is 0.486 e. The van der Waals surface area contributed by atoms with E-state index in [0.29, 0.717) is 12.5 Å². The third kappa shape index (κ3) is 6.25. The molecule has 0 spiro atoms. The molecule has 1 atom stereocenters. The van der Waals surface area contributed by atoms with Crippen LogP contribution >= 0.6 is 0 Å². The Bertz CT molecular complexity index is 1490. The van der Waals surface area contributed by atoms with Gasteiger partial charge in [-0.25, -0.2) is 13.2 Å². The van der Waals surface area contributed by atoms with Gasteiger partial charge in [0.15, 0.2) is 0 Å². The number of halogens is 3. The molecule has 15 heteroatoms. The quantitative estimate of drug-likeness (QED) is 0.323. The minimum absolute atomic E-state index is 0.00800. The van der Waals surface area contributed by atoms with Crippen molar-refractivity contribution in [2.75, 3.05) is 16.2 Å². The zero-order valence-electron chi connectivity index (χ0n) is 20.4. The smallest absolute Gasteiger partial charge is 0.416 e. The number of alkyl halides is 3. The minimum atomic E-state index is -4.78. The maximum absolute atomic E-state index is 13.6. The van der Waals surface area contributed by atoms with Crippen LogP contribution in [0.2, 0.25) is 0 Å². The summed E-state index contributed by atoms with van der Waals surface area (Å²) in [4.78, 5) is 23.2. The fraction of sp³-hybridized carbons (Fsp3) is 0.292. The summed E-state index contributed by atoms with van der Waals surface area (Å²) in [5, 5.41) is 20.6. The van der Waals surface area contributed by atoms with Crippen LogP contribution in [0.3, 0.4) is 0 Å². The van der Waals surface area contributed by atoms with E-state index in [4.69, 9.17) is 9.84 Å². The summed E-state index contributed by atoms with van der Waals surface area (Å²) in [5.41, 5.74) is 0.397. The molecule has 0 saturated carbocycles. The van der Waals surface area contributed by atoms with Gasteiger partial charge in [-0.3, -0.25) is 19.5 Å². The molecule has 208 valence electrons. The molecule has 39 heavy (non-hydrogen) atoms. The lowest BCUT2D eigenvalue weighted by Crippen LogP contribution is -2.45. The van der Waals surface area contributed by atoms with E-state index in [9.17, 15) is 31.2 Å². The lowest BCUT2D eigenvalue weighted by Gasteiger charge is -2.35. The number of rotatable bonds is 8. The van der Waals surface area contributed by atoms with Crippen LogP contribution < -0.4 is 19.7 Å². The van der Waals surface area contributed by atoms with E-state index in [0.717, 1.165) is 33.8 Å². The molecule has 2 aromatic carbocycles. The Labute approximate surface area is 221 Å². The molecule has 1 aromatic heterocycles. The number of hydrogen-bond donors (Lipinski definition) is 4. The Balaban J connectivity index is 1.63. The second kappa shape index (κ2) is 10.8. The van der Waals surface area contributed by atoms with Crippen LogP contribution in [0, 0.1) is 0 Å². The van der Waals surface area contributed by atoms with Crippen molar-refractivity contribution in [3.05, 3.63) is 65.5 Å². The molecule has 1 unspecified atom stereocenters. The van der Waals surface area contributed by atoms with Gasteiger partial charge in [-0.05, 0) is 42.8 Å². The number of nitrogens with zero attached hydrogens (tertiary/aromatic N) is 2. The van der Waals surface area contributed by atoms with E-state index in [-0.39, 0.29) is 30.1 Å². The number of amides is 2. The van der Waals surface area contributed by atoms with Crippen LogP contribution in [0.15, 0.2) is 53.6 Å². The third-order valence-corrected chi connectivity index (χ3v) is 7.72. The molecule has 0 radical (unpaired) electrons. The topological polar surface area (TPSA) is 154 Å². The number of nitrogens with one attached hydrogen (secondary N) is 3. The number of H-pyrrole nitrogens is 1. The first-order valence-corrected chi connectivity index (χ1v) is 13.1. The number of carboxylic acid groups (broad SMARTS) is 1. The summed E-state index contributed by atoms with van der Waals surface area (Å²) in [6.07, 6.45) is -5.18. The Kier molecular flexibility index (Phi) is 7.72. The van der Waals surface area contributed by atoms with Crippen molar-refractivity contribution < 1.29 is 41.0 Å². The van der Waals surface area contributed by atoms with E-state index in [1.807, 2.05) is 6.92 Å². The second-order valence-electron chi connectivity index (χ2n) is 8.62. The van der Waals surface area contributed by atoms with Gasteiger partial charge in [0.25, 0.3) is 10.0 Å². The van der Waals surface area contributed by atoms with E-state index in [2.05, 4.69) is 20.8 Å². The maximum Gasteiger partial charge on any atom is 0.416 e. The summed E-state index contributed by atoms with van der Waals surface area (Å²) in [5.74, 6) is -0.444. The predicted octanol–water partition coefficient (Wildman–Crippen LogP) is 3.74. The SMILES string of the molecule is CCc1[nH]ncc1CNC(=O)CC1CN(S(=O)(=O)c2cccc(C(F)(F)F)c2)c2cc(NC(=O)O)ccc2O1. The lowest BCUT2D eigenvalue weighted by molar-refractivity contribution is -0.137. The molecule has 0 aliphatic carbocycles. The van der Waals surface area contributed by atoms with Crippen molar-refractivity contribution in [2.24, 2.45) is 0 Å². The zero-order chi connectivity index (χ0) is 28.4. The Morgan fingerprint density at radius 3 is 2.69 bits per heavy atom. The van der Waals surface area contributed by atoms with Gasteiger partial charge in [-0.2, -0.15) is 18.3 Å². The molecule has 2 amide bonds. The van der Waals surface area contributed by atoms with Crippen LogP contribution in [-0.2, 0) is 34.0 Å². The second-order valence-corrected chi connectivity index (χ2v) is 10.5. The zero-order valence-corrected chi connectivity index (χ0v) is 21.3. The summed E-state index contributed by atoms with van der Waals surface area (Å²) < 4.78 is 73.8. The Morgan fingerprint density at radius 1 is 1.23 bits per heavy atom. The highest BCUT2D eigenvalue weighted by atomic mass is 32.2. The van der Waals surface area contributed by atoms with Gasteiger partial charge in [0, 0.05) is 23.5 Å². The van der Waals surface area contributed by atoms with Crippen molar-refractivity contribution >= 4 is 33.4 Å². The molecule has 0 fully saturated rings. The standard InChI is InChI=1S/C24H24F3N5O6S/c1-2-19-14(12-29-31-19)11-28-22(33)10-17-13-32(20-9-16(30-23(34)35)6-7-21(20)38-17)39(36,37)18-5-3-4-15(8-18)24(25,26)27/h3-9,12,17,30H,2,10-11,13H2,1H3,(H,28,33)(H,29,31)(H,34,35). The molecule has 1 aliphatic rings. The number of aromatic amines is 1. The Morgan fingerprint density at radius 2 is 2.00 bits per heavy atom. The van der Waals surface area contributed by atoms with Gasteiger partial charge < -0.3 is 15.2 Å². The van der Waals surface area contributed by atoms with Crippen LogP contribution in [0.1, 0.15) is 30.2 Å². The number of hydrogen-bond acceptors (Lipinski definition) is 6. The number of fused-ring (bicyclic) bond motifs is 1. The average molecular weight is 568 g/mol. The molecule has 11 nitrogen and oxygen atoms in total. The van der Waals surface area contributed by atoms with Crippen LogP contribution in [0.5, 0.6) is 5.75 Å². The highest BCUT2D eigenvalue weighted by Gasteiger charge is 2.37. The number of anilines is 2. The fourth-order valence-electron chi connectivity index (χ4n) is 4.08. The summed E-state index contributed by atoms with van der Waals surface area (Å²) in [6.45, 7) is 1.68. The molecular weight excluding hydrogens is 543 g/mol. The van der Waals surface area contributed by atoms with Gasteiger partial charge in [0.05, 0.1) is 35.3 Å². The lowest BCUT2D eigenvalue weighted by atomic mass is 10.1. The molecule has 4 rings (SSSR count). The van der Waals surface area contributed by atoms with E-state index in [1.54, 1.807) is 6.20 Å². The number of benzene rings is 2. The summed E-state index contributed by atoms with van der Waals surface area (Å²) in [7, 11) is -4.59. The van der Waals surface area contributed by atoms with E-state index < -0.39 is 51.3 Å². The first kappa shape index (κ1) is 27.8. The van der Waals surface area contributed by atoms with E-state index in [1.165, 1.54) is 18.2 Å². The van der Waals surface area contributed by atoms with E-state index >= 15 is 0 Å². The van der Waals surface area contributed by atoms with Gasteiger partial charge in [-0.15, -0.1) is 0 Å². The first-order valence-electron chi connectivity index (χ1n) is 11.7. The predicted molar refractivity (Wildman–Crippen MR) is 133 cm³/mol. The summed E-state index contributed by atoms with van der Waals surface area (Å²) in [6, 6.07) is 7.10. The number of aryl methyl sites for hydroxylation is 1. The molecular formula is C24H24F3N5O6S. The molecule has 3 aromatic rings. The highest BCUT2D eigenvalue weighted by molar-refractivity contribution is 7.92. The highest BCUT2D eigenvalue weighted by Crippen LogP contribution is 2.40. The van der Waals surface area contributed by atoms with Gasteiger partial charge in [0.1, 0.15) is 11.9 Å². The van der Waals surface area contributed by atoms with Crippen molar-refractivity contribution in [3.63, 3.8) is 0 Å². The van der Waals surface area contributed by atoms with Crippen molar-refractivity contribution in [1.29, 1.82) is 0 Å². The normalized spacial score (nSPS) is 15.3. The molecule has 0 bridgehead atoms. The molecule has 2 heterocycles. The monoisotopic (exact) mass is 567 g/mol. The average Bonchev–Trinajstić information content (AvgIpc) is 3.34. The number of carbonyl (C=O) groups is 2. The van der Waals surface area contributed by atoms with Gasteiger partial charge in [-0.1, -0.05) is 13.0 Å².